The van der Waals surface area contributed by atoms with Crippen LogP contribution in [0.15, 0.2) is 229 Å². The Hall–Kier alpha value is -7.94. The average molecular weight is 792 g/mol. The third kappa shape index (κ3) is 6.19. The number of para-hydroxylation sites is 1. The van der Waals surface area contributed by atoms with Gasteiger partial charge in [0.15, 0.2) is 0 Å². The van der Waals surface area contributed by atoms with Gasteiger partial charge in [-0.15, -0.1) is 0 Å². The molecule has 10 aromatic carbocycles. The summed E-state index contributed by atoms with van der Waals surface area (Å²) < 4.78 is 6.39. The lowest BCUT2D eigenvalue weighted by Gasteiger charge is -2.27. The van der Waals surface area contributed by atoms with Crippen molar-refractivity contribution < 1.29 is 4.42 Å². The van der Waals surface area contributed by atoms with E-state index in [0.29, 0.717) is 0 Å². The minimum absolute atomic E-state index is 0.917. The largest absolute Gasteiger partial charge is 0.456 e. The molecule has 0 saturated carbocycles. The Balaban J connectivity index is 1.01. The number of anilines is 3. The Kier molecular flexibility index (Phi) is 8.67. The van der Waals surface area contributed by atoms with Crippen molar-refractivity contribution in [1.82, 2.24) is 0 Å². The Bertz CT molecular complexity index is 3540. The van der Waals surface area contributed by atoms with Crippen molar-refractivity contribution in [2.75, 3.05) is 4.90 Å². The van der Waals surface area contributed by atoms with Crippen molar-refractivity contribution in [2.45, 2.75) is 12.8 Å². The van der Waals surface area contributed by atoms with Crippen LogP contribution in [0.1, 0.15) is 18.4 Å². The molecule has 0 radical (unpaired) electrons. The van der Waals surface area contributed by atoms with Gasteiger partial charge in [0.05, 0.1) is 0 Å². The molecule has 1 aliphatic rings. The Morgan fingerprint density at radius 2 is 0.887 bits per heavy atom. The van der Waals surface area contributed by atoms with E-state index >= 15 is 0 Å². The Morgan fingerprint density at radius 1 is 0.339 bits per heavy atom. The van der Waals surface area contributed by atoms with Crippen LogP contribution in [0.5, 0.6) is 0 Å². The maximum Gasteiger partial charge on any atom is 0.136 e. The smallest absolute Gasteiger partial charge is 0.136 e. The van der Waals surface area contributed by atoms with Gasteiger partial charge in [0.1, 0.15) is 11.2 Å². The number of hydrogen-bond acceptors (Lipinski definition) is 2. The van der Waals surface area contributed by atoms with E-state index < -0.39 is 0 Å². The summed E-state index contributed by atoms with van der Waals surface area (Å²) in [6.07, 6.45) is 8.81. The van der Waals surface area contributed by atoms with Crippen LogP contribution in [0, 0.1) is 0 Å². The number of furan rings is 1. The molecular weight excluding hydrogens is 751 g/mol. The van der Waals surface area contributed by atoms with Gasteiger partial charge in [-0.3, -0.25) is 0 Å². The molecule has 11 aromatic rings. The fourth-order valence-corrected chi connectivity index (χ4v) is 9.69. The van der Waals surface area contributed by atoms with Crippen molar-refractivity contribution in [1.29, 1.82) is 0 Å². The summed E-state index contributed by atoms with van der Waals surface area (Å²) in [7, 11) is 0. The molecule has 0 unspecified atom stereocenters. The maximum atomic E-state index is 6.39. The second-order valence-electron chi connectivity index (χ2n) is 16.4. The van der Waals surface area contributed by atoms with E-state index in [1.165, 1.54) is 82.2 Å². The average Bonchev–Trinajstić information content (AvgIpc) is 3.74. The monoisotopic (exact) mass is 791 g/mol. The van der Waals surface area contributed by atoms with Crippen LogP contribution in [-0.4, -0.2) is 0 Å². The lowest BCUT2D eigenvalue weighted by molar-refractivity contribution is 0.669. The molecule has 292 valence electrons. The number of hydrogen-bond donors (Lipinski definition) is 0. The van der Waals surface area contributed by atoms with E-state index in [1.807, 2.05) is 6.07 Å². The zero-order chi connectivity index (χ0) is 41.0. The molecule has 1 aromatic heterocycles. The van der Waals surface area contributed by atoms with Crippen molar-refractivity contribution >= 4 is 76.9 Å². The molecule has 2 nitrogen and oxygen atoms in total. The van der Waals surface area contributed by atoms with Crippen molar-refractivity contribution in [3.63, 3.8) is 0 Å². The molecule has 0 amide bonds. The minimum Gasteiger partial charge on any atom is -0.456 e. The summed E-state index contributed by atoms with van der Waals surface area (Å²) in [6, 6.07) is 75.1. The molecule has 62 heavy (non-hydrogen) atoms. The lowest BCUT2D eigenvalue weighted by atomic mass is 9.90. The van der Waals surface area contributed by atoms with Gasteiger partial charge in [-0.1, -0.05) is 158 Å². The molecule has 0 spiro atoms. The zero-order valence-electron chi connectivity index (χ0n) is 34.1. The first-order valence-electron chi connectivity index (χ1n) is 21.5. The van der Waals surface area contributed by atoms with E-state index in [4.69, 9.17) is 4.42 Å². The van der Waals surface area contributed by atoms with E-state index in [9.17, 15) is 0 Å². The van der Waals surface area contributed by atoms with E-state index in [1.54, 1.807) is 0 Å². The number of fused-ring (bicyclic) bond motifs is 10. The van der Waals surface area contributed by atoms with Gasteiger partial charge in [-0.25, -0.2) is 0 Å². The first-order chi connectivity index (χ1) is 30.7. The number of rotatable bonds is 7. The second kappa shape index (κ2) is 15.0. The summed E-state index contributed by atoms with van der Waals surface area (Å²) in [5.74, 6) is 0. The van der Waals surface area contributed by atoms with Gasteiger partial charge in [0.2, 0.25) is 0 Å². The molecule has 1 aliphatic carbocycles. The predicted molar refractivity (Wildman–Crippen MR) is 264 cm³/mol. The van der Waals surface area contributed by atoms with Crippen molar-refractivity contribution in [3.05, 3.63) is 230 Å². The fraction of sp³-hybridized carbons (Fsp3) is 0.0333. The Morgan fingerprint density at radius 3 is 1.60 bits per heavy atom. The first-order valence-corrected chi connectivity index (χ1v) is 21.5. The van der Waals surface area contributed by atoms with Gasteiger partial charge < -0.3 is 9.32 Å². The molecule has 0 fully saturated rings. The highest BCUT2D eigenvalue weighted by atomic mass is 16.3. The number of nitrogens with zero attached hydrogens (tertiary/aromatic N) is 1. The molecular formula is C60H41NO. The zero-order valence-corrected chi connectivity index (χ0v) is 34.1. The molecule has 12 rings (SSSR count). The van der Waals surface area contributed by atoms with E-state index in [2.05, 4.69) is 223 Å². The van der Waals surface area contributed by atoms with Crippen LogP contribution in [0.2, 0.25) is 0 Å². The van der Waals surface area contributed by atoms with Crippen LogP contribution in [-0.2, 0) is 0 Å². The summed E-state index contributed by atoms with van der Waals surface area (Å²) in [5, 5.41) is 9.80. The van der Waals surface area contributed by atoms with Gasteiger partial charge in [0.25, 0.3) is 0 Å². The molecule has 2 heteroatoms. The normalized spacial score (nSPS) is 12.7. The maximum absolute atomic E-state index is 6.39. The Labute approximate surface area is 360 Å². The summed E-state index contributed by atoms with van der Waals surface area (Å²) in [6.45, 7) is 0. The highest BCUT2D eigenvalue weighted by Crippen LogP contribution is 2.45. The molecule has 1 heterocycles. The lowest BCUT2D eigenvalue weighted by Crippen LogP contribution is -2.10. The summed E-state index contributed by atoms with van der Waals surface area (Å²) >= 11 is 0. The topological polar surface area (TPSA) is 16.4 Å². The van der Waals surface area contributed by atoms with Crippen LogP contribution in [0.25, 0.3) is 93.2 Å². The first kappa shape index (κ1) is 36.0. The van der Waals surface area contributed by atoms with Crippen LogP contribution >= 0.6 is 0 Å². The molecule has 0 aliphatic heterocycles. The molecule has 0 N–H and O–H groups in total. The number of allylic oxidation sites excluding steroid dienone is 4. The van der Waals surface area contributed by atoms with Crippen LogP contribution < -0.4 is 4.90 Å². The van der Waals surface area contributed by atoms with Gasteiger partial charge >= 0.3 is 0 Å². The molecule has 0 bridgehead atoms. The second-order valence-corrected chi connectivity index (χ2v) is 16.4. The predicted octanol–water partition coefficient (Wildman–Crippen LogP) is 17.2. The number of benzene rings is 10. The van der Waals surface area contributed by atoms with Crippen LogP contribution in [0.3, 0.4) is 0 Å². The van der Waals surface area contributed by atoms with Gasteiger partial charge in [-0.05, 0) is 151 Å². The highest BCUT2D eigenvalue weighted by molar-refractivity contribution is 6.34. The fourth-order valence-electron chi connectivity index (χ4n) is 9.69. The minimum atomic E-state index is 0.917. The third-order valence-corrected chi connectivity index (χ3v) is 12.7. The van der Waals surface area contributed by atoms with Gasteiger partial charge in [-0.2, -0.15) is 0 Å². The van der Waals surface area contributed by atoms with Crippen molar-refractivity contribution in [3.8, 4) is 33.4 Å². The molecule has 0 saturated heterocycles. The van der Waals surface area contributed by atoms with Crippen LogP contribution in [0.4, 0.5) is 17.1 Å². The van der Waals surface area contributed by atoms with E-state index in [-0.39, 0.29) is 0 Å². The summed E-state index contributed by atoms with van der Waals surface area (Å²) in [4.78, 5) is 2.41. The quantitative estimate of drug-likeness (QED) is 0.150. The SMILES string of the molecule is C1=CCCC(c2cc(-c3ccccc3)cc(N(c3ccc(-c4ccccc4)cc3)c3ccc(-c4ccc5c6ccccc6c6c(ccc7oc8ccccc8c76)c5c4)cc3)c2)=C1. The standard InChI is InChI=1S/C60H41NO/c1-4-14-40(15-5-1)43-24-29-48(30-25-43)61(50-37-46(41-16-6-2-7-17-41)36-47(38-50)42-18-8-3-9-19-42)49-31-26-44(27-32-49)45-28-33-52-51-20-10-11-21-53(51)59-54(56(52)39-45)34-35-58-60(59)55-22-12-13-23-57(55)62-58/h1-8,10-18,20-39H,9,19H2. The third-order valence-electron chi connectivity index (χ3n) is 12.7. The summed E-state index contributed by atoms with van der Waals surface area (Å²) in [5.41, 5.74) is 14.9. The van der Waals surface area contributed by atoms with Crippen molar-refractivity contribution in [2.24, 2.45) is 0 Å². The molecule has 0 atom stereocenters. The van der Waals surface area contributed by atoms with Gasteiger partial charge in [0, 0.05) is 33.2 Å². The van der Waals surface area contributed by atoms with E-state index in [0.717, 1.165) is 46.5 Å². The highest BCUT2D eigenvalue weighted by Gasteiger charge is 2.19.